The van der Waals surface area contributed by atoms with E-state index in [1.807, 2.05) is 24.3 Å². The minimum absolute atomic E-state index is 0.314. The number of rotatable bonds is 5. The number of aliphatic carboxylic acids is 1. The summed E-state index contributed by atoms with van der Waals surface area (Å²) in [5.41, 5.74) is 1.64. The number of carboxylic acids is 1. The summed E-state index contributed by atoms with van der Waals surface area (Å²) in [5.74, 6) is -1.78. The van der Waals surface area contributed by atoms with E-state index in [2.05, 4.69) is 15.9 Å². The second-order valence-corrected chi connectivity index (χ2v) is 5.52. The fourth-order valence-electron chi connectivity index (χ4n) is 2.12. The summed E-state index contributed by atoms with van der Waals surface area (Å²) >= 11 is 3.42. The third-order valence-electron chi connectivity index (χ3n) is 3.14. The number of carbonyl (C=O) groups is 1. The van der Waals surface area contributed by atoms with Crippen LogP contribution in [0, 0.1) is 11.7 Å². The second kappa shape index (κ2) is 6.66. The number of halogens is 2. The molecule has 0 aliphatic heterocycles. The highest BCUT2D eigenvalue weighted by molar-refractivity contribution is 9.10. The Balaban J connectivity index is 2.16. The highest BCUT2D eigenvalue weighted by atomic mass is 79.9. The smallest absolute Gasteiger partial charge is 0.307 e. The topological polar surface area (TPSA) is 37.3 Å². The molecule has 0 radical (unpaired) electrons. The molecule has 2 rings (SSSR count). The van der Waals surface area contributed by atoms with Crippen molar-refractivity contribution in [3.8, 4) is 0 Å². The van der Waals surface area contributed by atoms with Crippen LogP contribution in [0.3, 0.4) is 0 Å². The molecule has 2 aromatic rings. The predicted molar refractivity (Wildman–Crippen MR) is 79.1 cm³/mol. The van der Waals surface area contributed by atoms with E-state index in [0.29, 0.717) is 18.4 Å². The van der Waals surface area contributed by atoms with Crippen LogP contribution in [0.2, 0.25) is 0 Å². The zero-order valence-corrected chi connectivity index (χ0v) is 12.3. The van der Waals surface area contributed by atoms with Gasteiger partial charge in [0.25, 0.3) is 0 Å². The average molecular weight is 337 g/mol. The zero-order valence-electron chi connectivity index (χ0n) is 10.7. The number of hydrogen-bond acceptors (Lipinski definition) is 1. The molecule has 0 saturated heterocycles. The van der Waals surface area contributed by atoms with Crippen molar-refractivity contribution in [1.82, 2.24) is 0 Å². The Morgan fingerprint density at radius 1 is 1.15 bits per heavy atom. The Morgan fingerprint density at radius 2 is 1.90 bits per heavy atom. The first-order chi connectivity index (χ1) is 9.56. The molecule has 0 aromatic heterocycles. The van der Waals surface area contributed by atoms with E-state index < -0.39 is 11.9 Å². The first kappa shape index (κ1) is 14.7. The molecular weight excluding hydrogens is 323 g/mol. The number of benzene rings is 2. The van der Waals surface area contributed by atoms with Gasteiger partial charge >= 0.3 is 5.97 Å². The molecule has 0 saturated carbocycles. The van der Waals surface area contributed by atoms with Crippen LogP contribution in [0.15, 0.2) is 53.0 Å². The molecule has 1 unspecified atom stereocenters. The fourth-order valence-corrected chi connectivity index (χ4v) is 2.57. The molecule has 0 amide bonds. The number of carboxylic acid groups (broad SMARTS) is 1. The average Bonchev–Trinajstić information content (AvgIpc) is 2.40. The van der Waals surface area contributed by atoms with Gasteiger partial charge in [0, 0.05) is 4.47 Å². The maximum absolute atomic E-state index is 13.2. The van der Waals surface area contributed by atoms with Crippen molar-refractivity contribution in [2.45, 2.75) is 12.8 Å². The second-order valence-electron chi connectivity index (χ2n) is 4.66. The van der Waals surface area contributed by atoms with Crippen LogP contribution in [0.5, 0.6) is 0 Å². The van der Waals surface area contributed by atoms with Crippen LogP contribution in [0.4, 0.5) is 4.39 Å². The molecule has 2 aromatic carbocycles. The first-order valence-corrected chi connectivity index (χ1v) is 7.06. The quantitative estimate of drug-likeness (QED) is 0.893. The zero-order chi connectivity index (χ0) is 14.5. The minimum atomic E-state index is -0.870. The van der Waals surface area contributed by atoms with Gasteiger partial charge in [0.05, 0.1) is 5.92 Å². The Labute approximate surface area is 125 Å². The largest absolute Gasteiger partial charge is 0.481 e. The number of hydrogen-bond donors (Lipinski definition) is 1. The van der Waals surface area contributed by atoms with Crippen molar-refractivity contribution in [1.29, 1.82) is 0 Å². The lowest BCUT2D eigenvalue weighted by Gasteiger charge is -2.13. The van der Waals surface area contributed by atoms with Crippen LogP contribution in [0.1, 0.15) is 11.1 Å². The van der Waals surface area contributed by atoms with Crippen LogP contribution in [0.25, 0.3) is 0 Å². The molecule has 1 N–H and O–H groups in total. The monoisotopic (exact) mass is 336 g/mol. The van der Waals surface area contributed by atoms with E-state index in [1.54, 1.807) is 12.1 Å². The van der Waals surface area contributed by atoms with E-state index in [-0.39, 0.29) is 5.82 Å². The van der Waals surface area contributed by atoms with Crippen molar-refractivity contribution in [2.75, 3.05) is 0 Å². The third kappa shape index (κ3) is 3.90. The van der Waals surface area contributed by atoms with Gasteiger partial charge in [-0.2, -0.15) is 0 Å². The van der Waals surface area contributed by atoms with E-state index in [9.17, 15) is 14.3 Å². The van der Waals surface area contributed by atoms with E-state index in [1.165, 1.54) is 12.1 Å². The van der Waals surface area contributed by atoms with Crippen molar-refractivity contribution < 1.29 is 14.3 Å². The third-order valence-corrected chi connectivity index (χ3v) is 3.92. The van der Waals surface area contributed by atoms with Crippen LogP contribution in [-0.2, 0) is 17.6 Å². The van der Waals surface area contributed by atoms with Gasteiger partial charge in [-0.25, -0.2) is 4.39 Å². The lowest BCUT2D eigenvalue weighted by molar-refractivity contribution is -0.141. The molecule has 0 heterocycles. The molecule has 104 valence electrons. The standard InChI is InChI=1S/C16H14BrFO2/c17-15-7-2-1-5-12(15)10-13(16(19)20)8-11-4-3-6-14(18)9-11/h1-7,9,13H,8,10H2,(H,19,20). The lowest BCUT2D eigenvalue weighted by atomic mass is 9.92. The molecule has 0 aliphatic carbocycles. The summed E-state index contributed by atoms with van der Waals surface area (Å²) in [7, 11) is 0. The highest BCUT2D eigenvalue weighted by Crippen LogP contribution is 2.22. The van der Waals surface area contributed by atoms with E-state index in [0.717, 1.165) is 10.0 Å². The van der Waals surface area contributed by atoms with Crippen molar-refractivity contribution in [3.05, 3.63) is 69.9 Å². The normalized spacial score (nSPS) is 12.1. The Kier molecular flexibility index (Phi) is 4.90. The van der Waals surface area contributed by atoms with Gasteiger partial charge in [-0.05, 0) is 42.2 Å². The lowest BCUT2D eigenvalue weighted by Crippen LogP contribution is -2.19. The van der Waals surface area contributed by atoms with Gasteiger partial charge in [0.1, 0.15) is 5.82 Å². The maximum Gasteiger partial charge on any atom is 0.307 e. The molecular formula is C16H14BrFO2. The van der Waals surface area contributed by atoms with Crippen molar-refractivity contribution >= 4 is 21.9 Å². The molecule has 4 heteroatoms. The maximum atomic E-state index is 13.2. The molecule has 0 aliphatic rings. The summed E-state index contributed by atoms with van der Waals surface area (Å²) in [5, 5.41) is 9.35. The molecule has 2 nitrogen and oxygen atoms in total. The fraction of sp³-hybridized carbons (Fsp3) is 0.188. The van der Waals surface area contributed by atoms with E-state index >= 15 is 0 Å². The molecule has 0 fully saturated rings. The summed E-state index contributed by atoms with van der Waals surface area (Å²) < 4.78 is 14.0. The Bertz CT molecular complexity index is 613. The van der Waals surface area contributed by atoms with E-state index in [4.69, 9.17) is 0 Å². The molecule has 20 heavy (non-hydrogen) atoms. The van der Waals surface area contributed by atoms with Gasteiger partial charge in [-0.1, -0.05) is 46.3 Å². The van der Waals surface area contributed by atoms with Gasteiger partial charge in [-0.15, -0.1) is 0 Å². The summed E-state index contributed by atoms with van der Waals surface area (Å²) in [4.78, 5) is 11.4. The van der Waals surface area contributed by atoms with Crippen molar-refractivity contribution in [2.24, 2.45) is 5.92 Å². The molecule has 1 atom stereocenters. The van der Waals surface area contributed by atoms with Gasteiger partial charge in [0.2, 0.25) is 0 Å². The van der Waals surface area contributed by atoms with Crippen LogP contribution < -0.4 is 0 Å². The minimum Gasteiger partial charge on any atom is -0.481 e. The first-order valence-electron chi connectivity index (χ1n) is 6.27. The van der Waals surface area contributed by atoms with Crippen molar-refractivity contribution in [3.63, 3.8) is 0 Å². The molecule has 0 bridgehead atoms. The summed E-state index contributed by atoms with van der Waals surface area (Å²) in [6.45, 7) is 0. The van der Waals surface area contributed by atoms with Gasteiger partial charge < -0.3 is 5.11 Å². The van der Waals surface area contributed by atoms with Gasteiger partial charge in [0.15, 0.2) is 0 Å². The Hall–Kier alpha value is -1.68. The summed E-state index contributed by atoms with van der Waals surface area (Å²) in [6.07, 6.45) is 0.724. The SMILES string of the molecule is O=C(O)C(Cc1cccc(F)c1)Cc1ccccc1Br. The van der Waals surface area contributed by atoms with Crippen LogP contribution >= 0.6 is 15.9 Å². The van der Waals surface area contributed by atoms with Crippen LogP contribution in [-0.4, -0.2) is 11.1 Å². The van der Waals surface area contributed by atoms with Gasteiger partial charge in [-0.3, -0.25) is 4.79 Å². The Morgan fingerprint density at radius 3 is 2.55 bits per heavy atom. The molecule has 0 spiro atoms. The highest BCUT2D eigenvalue weighted by Gasteiger charge is 2.19. The summed E-state index contributed by atoms with van der Waals surface area (Å²) in [6, 6.07) is 13.6. The predicted octanol–water partition coefficient (Wildman–Crippen LogP) is 4.07.